The molecule has 1 N–H and O–H groups in total. The molecule has 0 aliphatic carbocycles. The van der Waals surface area contributed by atoms with E-state index in [0.29, 0.717) is 21.4 Å². The van der Waals surface area contributed by atoms with Crippen LogP contribution in [0.2, 0.25) is 10.0 Å². The van der Waals surface area contributed by atoms with Crippen LogP contribution in [0.5, 0.6) is 0 Å². The van der Waals surface area contributed by atoms with Gasteiger partial charge in [0.05, 0.1) is 6.21 Å². The van der Waals surface area contributed by atoms with Gasteiger partial charge in [-0.3, -0.25) is 5.10 Å². The third-order valence-corrected chi connectivity index (χ3v) is 4.90. The lowest BCUT2D eigenvalue weighted by Gasteiger charge is -2.08. The molecule has 0 fully saturated rings. The van der Waals surface area contributed by atoms with E-state index in [4.69, 9.17) is 35.4 Å². The summed E-state index contributed by atoms with van der Waals surface area (Å²) in [4.78, 5) is 0. The van der Waals surface area contributed by atoms with Gasteiger partial charge in [0.15, 0.2) is 0 Å². The van der Waals surface area contributed by atoms with Crippen LogP contribution in [0.25, 0.3) is 10.9 Å². The molecule has 0 atom stereocenters. The Morgan fingerprint density at radius 3 is 2.81 bits per heavy atom. The van der Waals surface area contributed by atoms with E-state index in [-0.39, 0.29) is 0 Å². The molecular weight excluding hydrogens is 389 g/mol. The highest BCUT2D eigenvalue weighted by Gasteiger charge is 2.09. The molecule has 4 rings (SSSR count). The van der Waals surface area contributed by atoms with Crippen molar-refractivity contribution in [1.82, 2.24) is 19.4 Å². The summed E-state index contributed by atoms with van der Waals surface area (Å²) in [5.41, 5.74) is 3.07. The number of nitrogens with one attached hydrogen (secondary N) is 1. The van der Waals surface area contributed by atoms with Crippen molar-refractivity contribution in [2.45, 2.75) is 6.54 Å². The number of para-hydroxylation sites is 1. The van der Waals surface area contributed by atoms with Crippen molar-refractivity contribution < 1.29 is 0 Å². The van der Waals surface area contributed by atoms with Gasteiger partial charge in [-0.2, -0.15) is 14.9 Å². The van der Waals surface area contributed by atoms with Crippen LogP contribution >= 0.6 is 35.4 Å². The van der Waals surface area contributed by atoms with Crippen molar-refractivity contribution in [1.29, 1.82) is 0 Å². The molecule has 0 amide bonds. The van der Waals surface area contributed by atoms with E-state index in [0.717, 1.165) is 22.0 Å². The number of hydrogen-bond donors (Lipinski definition) is 1. The zero-order valence-corrected chi connectivity index (χ0v) is 15.8. The van der Waals surface area contributed by atoms with E-state index < -0.39 is 0 Å². The molecule has 4 aromatic rings. The summed E-state index contributed by atoms with van der Waals surface area (Å²) in [5.74, 6) is 0. The summed E-state index contributed by atoms with van der Waals surface area (Å²) in [5, 5.41) is 13.3. The first-order chi connectivity index (χ1) is 12.6. The average Bonchev–Trinajstić information content (AvgIpc) is 3.19. The van der Waals surface area contributed by atoms with Gasteiger partial charge in [-0.15, -0.1) is 0 Å². The second-order valence-electron chi connectivity index (χ2n) is 5.72. The van der Waals surface area contributed by atoms with E-state index >= 15 is 0 Å². The first-order valence-corrected chi connectivity index (χ1v) is 8.96. The van der Waals surface area contributed by atoms with E-state index in [1.807, 2.05) is 30.5 Å². The highest BCUT2D eigenvalue weighted by molar-refractivity contribution is 7.71. The minimum atomic E-state index is 0.443. The number of benzene rings is 2. The molecule has 0 bridgehead atoms. The first kappa shape index (κ1) is 17.0. The van der Waals surface area contributed by atoms with Crippen molar-refractivity contribution in [3.05, 3.63) is 80.9 Å². The Hall–Kier alpha value is -2.41. The maximum atomic E-state index is 6.33. The topological polar surface area (TPSA) is 50.9 Å². The zero-order chi connectivity index (χ0) is 18.1. The molecule has 2 aromatic heterocycles. The normalized spacial score (nSPS) is 11.6. The molecule has 26 heavy (non-hydrogen) atoms. The number of hydrogen-bond acceptors (Lipinski definition) is 3. The molecule has 2 aromatic carbocycles. The van der Waals surface area contributed by atoms with Gasteiger partial charge < -0.3 is 4.57 Å². The average molecular weight is 402 g/mol. The Balaban J connectivity index is 1.75. The molecule has 8 heteroatoms. The predicted octanol–water partition coefficient (Wildman–Crippen LogP) is 5.13. The largest absolute Gasteiger partial charge is 0.342 e. The van der Waals surface area contributed by atoms with Gasteiger partial charge in [0.1, 0.15) is 6.33 Å². The fourth-order valence-corrected chi connectivity index (χ4v) is 3.41. The maximum Gasteiger partial charge on any atom is 0.216 e. The number of nitrogens with zero attached hydrogens (tertiary/aromatic N) is 4. The fraction of sp³-hybridized carbons (Fsp3) is 0.0556. The number of aromatic amines is 1. The van der Waals surface area contributed by atoms with Crippen molar-refractivity contribution in [2.75, 3.05) is 0 Å². The molecule has 0 spiro atoms. The molecular formula is C18H13Cl2N5S. The SMILES string of the molecule is S=c1[nH]ncn1/N=C\c1cn(Cc2ccc(Cl)cc2Cl)c2ccccc12. The lowest BCUT2D eigenvalue weighted by Crippen LogP contribution is -1.98. The predicted molar refractivity (Wildman–Crippen MR) is 108 cm³/mol. The first-order valence-electron chi connectivity index (χ1n) is 7.80. The number of halogens is 2. The third kappa shape index (κ3) is 3.31. The van der Waals surface area contributed by atoms with Gasteiger partial charge in [0.2, 0.25) is 4.77 Å². The molecule has 0 radical (unpaired) electrons. The Morgan fingerprint density at radius 1 is 1.19 bits per heavy atom. The molecule has 0 unspecified atom stereocenters. The minimum absolute atomic E-state index is 0.443. The number of fused-ring (bicyclic) bond motifs is 1. The molecule has 130 valence electrons. The van der Waals surface area contributed by atoms with Crippen LogP contribution in [0.4, 0.5) is 0 Å². The Bertz CT molecular complexity index is 1170. The highest BCUT2D eigenvalue weighted by Crippen LogP contribution is 2.25. The second-order valence-corrected chi connectivity index (χ2v) is 6.95. The molecule has 0 aliphatic heterocycles. The quantitative estimate of drug-likeness (QED) is 0.380. The van der Waals surface area contributed by atoms with Gasteiger partial charge in [-0.25, -0.2) is 0 Å². The van der Waals surface area contributed by atoms with E-state index in [2.05, 4.69) is 32.0 Å². The summed E-state index contributed by atoms with van der Waals surface area (Å²) in [6.45, 7) is 0.634. The monoisotopic (exact) mass is 401 g/mol. The van der Waals surface area contributed by atoms with Gasteiger partial charge in [0, 0.05) is 39.3 Å². The van der Waals surface area contributed by atoms with Crippen molar-refractivity contribution in [3.8, 4) is 0 Å². The van der Waals surface area contributed by atoms with Gasteiger partial charge in [0.25, 0.3) is 0 Å². The van der Waals surface area contributed by atoms with Crippen molar-refractivity contribution in [2.24, 2.45) is 5.10 Å². The van der Waals surface area contributed by atoms with Crippen LogP contribution < -0.4 is 0 Å². The summed E-state index contributed by atoms with van der Waals surface area (Å²) in [6, 6.07) is 13.7. The van der Waals surface area contributed by atoms with Gasteiger partial charge >= 0.3 is 0 Å². The van der Waals surface area contributed by atoms with Gasteiger partial charge in [-0.05, 0) is 36.0 Å². The van der Waals surface area contributed by atoms with Crippen LogP contribution in [-0.2, 0) is 6.54 Å². The van der Waals surface area contributed by atoms with E-state index in [1.54, 1.807) is 12.3 Å². The summed E-state index contributed by atoms with van der Waals surface area (Å²) < 4.78 is 4.09. The number of aromatic nitrogens is 4. The van der Waals surface area contributed by atoms with E-state index in [1.165, 1.54) is 11.0 Å². The van der Waals surface area contributed by atoms with Crippen LogP contribution in [0.15, 0.2) is 60.1 Å². The Labute approximate surface area is 164 Å². The summed E-state index contributed by atoms with van der Waals surface area (Å²) in [7, 11) is 0. The number of H-pyrrole nitrogens is 1. The lowest BCUT2D eigenvalue weighted by molar-refractivity contribution is 0.835. The number of rotatable bonds is 4. The maximum absolute atomic E-state index is 6.33. The Kier molecular flexibility index (Phi) is 4.63. The molecule has 5 nitrogen and oxygen atoms in total. The minimum Gasteiger partial charge on any atom is -0.342 e. The van der Waals surface area contributed by atoms with Crippen LogP contribution in [0.1, 0.15) is 11.1 Å². The smallest absolute Gasteiger partial charge is 0.216 e. The highest BCUT2D eigenvalue weighted by atomic mass is 35.5. The van der Waals surface area contributed by atoms with Crippen LogP contribution in [0.3, 0.4) is 0 Å². The second kappa shape index (κ2) is 7.07. The van der Waals surface area contributed by atoms with Crippen LogP contribution in [0, 0.1) is 4.77 Å². The molecule has 0 aliphatic rings. The Morgan fingerprint density at radius 2 is 2.04 bits per heavy atom. The molecule has 2 heterocycles. The van der Waals surface area contributed by atoms with Crippen molar-refractivity contribution >= 4 is 52.5 Å². The van der Waals surface area contributed by atoms with Crippen LogP contribution in [-0.4, -0.2) is 25.7 Å². The molecule has 0 saturated carbocycles. The summed E-state index contributed by atoms with van der Waals surface area (Å²) in [6.07, 6.45) is 5.35. The van der Waals surface area contributed by atoms with Crippen molar-refractivity contribution in [3.63, 3.8) is 0 Å². The third-order valence-electron chi connectivity index (χ3n) is 4.03. The van der Waals surface area contributed by atoms with E-state index in [9.17, 15) is 0 Å². The van der Waals surface area contributed by atoms with Gasteiger partial charge in [-0.1, -0.05) is 47.5 Å². The lowest BCUT2D eigenvalue weighted by atomic mass is 10.2. The fourth-order valence-electron chi connectivity index (χ4n) is 2.79. The standard InChI is InChI=1S/C18H13Cl2N5S/c19-14-6-5-12(16(20)7-14)9-24-10-13(15-3-1-2-4-17(15)24)8-22-25-11-21-23-18(25)26/h1-8,10-11H,9H2,(H,23,26)/b22-8-. The zero-order valence-electron chi connectivity index (χ0n) is 13.4. The molecule has 0 saturated heterocycles. The summed E-state index contributed by atoms with van der Waals surface area (Å²) >= 11 is 17.4.